The third-order valence-electron chi connectivity index (χ3n) is 1.03. The van der Waals surface area contributed by atoms with Gasteiger partial charge in [0, 0.05) is 6.42 Å². The summed E-state index contributed by atoms with van der Waals surface area (Å²) in [6.07, 6.45) is 3.76. The second-order valence-corrected chi connectivity index (χ2v) is 3.27. The Morgan fingerprint density at radius 1 is 1.27 bits per heavy atom. The summed E-state index contributed by atoms with van der Waals surface area (Å²) in [7, 11) is -5.39. The summed E-state index contributed by atoms with van der Waals surface area (Å²) in [4.78, 5) is 35.7. The van der Waals surface area contributed by atoms with Gasteiger partial charge in [-0.1, -0.05) is 19.8 Å². The minimum atomic E-state index is -5.39. The molecule has 0 bridgehead atoms. The molecule has 0 heterocycles. The van der Waals surface area contributed by atoms with Crippen LogP contribution in [0.5, 0.6) is 0 Å². The van der Waals surface area contributed by atoms with Crippen LogP contribution < -0.4 is 50.0 Å². The van der Waals surface area contributed by atoms with Gasteiger partial charge in [-0.2, -0.15) is 7.82 Å². The number of carbonyl (C=O) groups is 1. The van der Waals surface area contributed by atoms with E-state index in [1.54, 1.807) is 0 Å². The Bertz CT molecular complexity index is 180. The Kier molecular flexibility index (Phi) is 27.1. The van der Waals surface area contributed by atoms with Gasteiger partial charge in [0.1, 0.15) is 0 Å². The fraction of sp³-hybridized carbons (Fsp3) is 0.833. The van der Waals surface area contributed by atoms with Gasteiger partial charge >= 0.3 is 67.3 Å². The van der Waals surface area contributed by atoms with Crippen LogP contribution in [-0.4, -0.2) is 43.6 Å². The van der Waals surface area contributed by atoms with E-state index in [0.717, 1.165) is 19.3 Å². The van der Waals surface area contributed by atoms with E-state index in [1.807, 2.05) is 0 Å². The summed E-state index contributed by atoms with van der Waals surface area (Å²) in [5, 5.41) is 0. The molecule has 0 saturated heterocycles. The van der Waals surface area contributed by atoms with E-state index < -0.39 is 7.82 Å². The van der Waals surface area contributed by atoms with Crippen molar-refractivity contribution < 1.29 is 53.6 Å². The SMILES string of the molecule is CCCCCC(N)=O.O=P([O-])([O-])[O-].[Ca+2].[Na+]. The Labute approximate surface area is 142 Å². The molecule has 0 aromatic rings. The molecule has 0 spiro atoms. The number of amides is 1. The van der Waals surface area contributed by atoms with Crippen molar-refractivity contribution in [2.45, 2.75) is 32.6 Å². The minimum Gasteiger partial charge on any atom is -0.822 e. The van der Waals surface area contributed by atoms with Gasteiger partial charge in [-0.15, -0.1) is 0 Å². The van der Waals surface area contributed by atoms with Crippen molar-refractivity contribution in [3.8, 4) is 0 Å². The van der Waals surface area contributed by atoms with Crippen LogP contribution in [0.15, 0.2) is 0 Å². The van der Waals surface area contributed by atoms with Gasteiger partial charge in [0.25, 0.3) is 0 Å². The molecule has 80 valence electrons. The van der Waals surface area contributed by atoms with Crippen LogP contribution in [-0.2, 0) is 9.36 Å². The summed E-state index contributed by atoms with van der Waals surface area (Å²) in [5.74, 6) is -0.182. The van der Waals surface area contributed by atoms with E-state index >= 15 is 0 Å². The van der Waals surface area contributed by atoms with Crippen LogP contribution in [0.3, 0.4) is 0 Å². The van der Waals surface area contributed by atoms with E-state index in [1.165, 1.54) is 0 Å². The molecule has 0 radical (unpaired) electrons. The number of primary amides is 1. The van der Waals surface area contributed by atoms with Gasteiger partial charge in [-0.25, -0.2) is 0 Å². The van der Waals surface area contributed by atoms with Crippen LogP contribution in [0.25, 0.3) is 0 Å². The molecule has 0 aliphatic rings. The van der Waals surface area contributed by atoms with Crippen LogP contribution >= 0.6 is 7.82 Å². The van der Waals surface area contributed by atoms with Gasteiger partial charge in [-0.3, -0.25) is 4.79 Å². The van der Waals surface area contributed by atoms with Crippen LogP contribution in [0, 0.1) is 0 Å². The number of phosphoric acid groups is 1. The monoisotopic (exact) mass is 273 g/mol. The van der Waals surface area contributed by atoms with E-state index in [9.17, 15) is 4.79 Å². The summed E-state index contributed by atoms with van der Waals surface area (Å²) in [6.45, 7) is 2.10. The zero-order valence-corrected chi connectivity index (χ0v) is 14.2. The molecule has 0 saturated carbocycles. The van der Waals surface area contributed by atoms with Crippen molar-refractivity contribution in [3.05, 3.63) is 0 Å². The van der Waals surface area contributed by atoms with E-state index in [4.69, 9.17) is 25.0 Å². The van der Waals surface area contributed by atoms with Crippen LogP contribution in [0.1, 0.15) is 32.6 Å². The maximum Gasteiger partial charge on any atom is 2.00 e. The predicted molar refractivity (Wildman–Crippen MR) is 46.7 cm³/mol. The number of carbonyl (C=O) groups excluding carboxylic acids is 1. The molecule has 1 amide bonds. The molecule has 0 aromatic heterocycles. The summed E-state index contributed by atoms with van der Waals surface area (Å²) in [5.41, 5.74) is 4.89. The second-order valence-electron chi connectivity index (χ2n) is 2.37. The van der Waals surface area contributed by atoms with Crippen LogP contribution in [0.2, 0.25) is 0 Å². The van der Waals surface area contributed by atoms with Crippen molar-refractivity contribution in [3.63, 3.8) is 0 Å². The summed E-state index contributed by atoms with van der Waals surface area (Å²) < 4.78 is 8.55. The molecule has 15 heavy (non-hydrogen) atoms. The van der Waals surface area contributed by atoms with Crippen LogP contribution in [0.4, 0.5) is 0 Å². The standard InChI is InChI=1S/C6H13NO.Ca.Na.H3O4P/c1-2-3-4-5-6(7)8;;;1-5(2,3)4/h2-5H2,1H3,(H2,7,8);;;(H3,1,2,3,4)/q;+2;+1;/p-3. The molecule has 0 aromatic carbocycles. The Balaban J connectivity index is -0.0000000770. The van der Waals surface area contributed by atoms with E-state index in [2.05, 4.69) is 6.92 Å². The van der Waals surface area contributed by atoms with Gasteiger partial charge in [0.05, 0.1) is 0 Å². The predicted octanol–water partition coefficient (Wildman–Crippen LogP) is -5.15. The molecule has 0 unspecified atom stereocenters. The molecule has 6 nitrogen and oxygen atoms in total. The largest absolute Gasteiger partial charge is 2.00 e. The molecule has 0 aliphatic carbocycles. The average Bonchev–Trinajstić information content (AvgIpc) is 1.83. The van der Waals surface area contributed by atoms with Crippen molar-refractivity contribution >= 4 is 51.5 Å². The Morgan fingerprint density at radius 3 is 1.80 bits per heavy atom. The van der Waals surface area contributed by atoms with E-state index in [0.29, 0.717) is 6.42 Å². The molecule has 0 rings (SSSR count). The molecule has 0 atom stereocenters. The minimum absolute atomic E-state index is 0. The zero-order chi connectivity index (χ0) is 10.9. The maximum absolute atomic E-state index is 10.1. The third-order valence-corrected chi connectivity index (χ3v) is 1.03. The topological polar surface area (TPSA) is 129 Å². The first-order chi connectivity index (χ1) is 5.77. The van der Waals surface area contributed by atoms with Gasteiger partial charge in [0.15, 0.2) is 0 Å². The number of hydrogen-bond acceptors (Lipinski definition) is 5. The summed E-state index contributed by atoms with van der Waals surface area (Å²) in [6, 6.07) is 0. The molecular formula is C6H13CaNNaO5P. The third kappa shape index (κ3) is 64.9. The number of nitrogens with two attached hydrogens (primary N) is 1. The fourth-order valence-corrected chi connectivity index (χ4v) is 0.549. The first-order valence-electron chi connectivity index (χ1n) is 3.78. The Morgan fingerprint density at radius 2 is 1.60 bits per heavy atom. The normalized spacial score (nSPS) is 8.80. The maximum atomic E-state index is 10.1. The molecule has 0 fully saturated rings. The second kappa shape index (κ2) is 15.8. The number of rotatable bonds is 4. The first kappa shape index (κ1) is 25.6. The van der Waals surface area contributed by atoms with Gasteiger partial charge in [-0.05, 0) is 6.42 Å². The first-order valence-corrected chi connectivity index (χ1v) is 5.24. The smallest absolute Gasteiger partial charge is 0.822 e. The molecule has 0 aliphatic heterocycles. The number of hydrogen-bond donors (Lipinski definition) is 1. The molecule has 9 heteroatoms. The Hall–Kier alpha value is 1.84. The molecule has 2 N–H and O–H groups in total. The molecular weight excluding hydrogens is 260 g/mol. The van der Waals surface area contributed by atoms with Gasteiger partial charge in [0.2, 0.25) is 5.91 Å². The van der Waals surface area contributed by atoms with Crippen molar-refractivity contribution in [2.75, 3.05) is 0 Å². The quantitative estimate of drug-likeness (QED) is 0.311. The summed E-state index contributed by atoms with van der Waals surface area (Å²) >= 11 is 0. The number of unbranched alkanes of at least 4 members (excludes halogenated alkanes) is 2. The van der Waals surface area contributed by atoms with Gasteiger partial charge < -0.3 is 25.0 Å². The fourth-order valence-electron chi connectivity index (χ4n) is 0.549. The van der Waals surface area contributed by atoms with Crippen molar-refractivity contribution in [1.29, 1.82) is 0 Å². The van der Waals surface area contributed by atoms with Crippen molar-refractivity contribution in [1.82, 2.24) is 0 Å². The van der Waals surface area contributed by atoms with Crippen molar-refractivity contribution in [2.24, 2.45) is 5.73 Å². The average molecular weight is 273 g/mol. The van der Waals surface area contributed by atoms with E-state index in [-0.39, 0.29) is 73.2 Å². The zero-order valence-electron chi connectivity index (χ0n) is 9.10.